The van der Waals surface area contributed by atoms with Crippen molar-refractivity contribution in [2.45, 2.75) is 5.75 Å². The average molecular weight is 310 g/mol. The molecule has 0 fully saturated rings. The summed E-state index contributed by atoms with van der Waals surface area (Å²) in [6.45, 7) is -0.00300. The summed E-state index contributed by atoms with van der Waals surface area (Å²) in [6, 6.07) is 7.92. The van der Waals surface area contributed by atoms with Gasteiger partial charge in [-0.1, -0.05) is 12.1 Å². The van der Waals surface area contributed by atoms with Crippen LogP contribution in [0, 0.1) is 3.57 Å². The molecule has 2 nitrogen and oxygen atoms in total. The lowest BCUT2D eigenvalue weighted by atomic mass is 10.2. The Hall–Kier alpha value is 0.0600. The van der Waals surface area contributed by atoms with Gasteiger partial charge < -0.3 is 5.11 Å². The minimum absolute atomic E-state index is 0.00300. The normalized spacial score (nSPS) is 12.8. The van der Waals surface area contributed by atoms with Gasteiger partial charge in [0.2, 0.25) is 0 Å². The molecule has 0 radical (unpaired) electrons. The molecule has 1 rings (SSSR count). The van der Waals surface area contributed by atoms with E-state index in [0.717, 1.165) is 5.56 Å². The average Bonchev–Trinajstić information content (AvgIpc) is 2.09. The molecule has 1 unspecified atom stereocenters. The summed E-state index contributed by atoms with van der Waals surface area (Å²) in [7, 11) is -0.930. The molecule has 0 spiro atoms. The zero-order valence-corrected chi connectivity index (χ0v) is 10.0. The van der Waals surface area contributed by atoms with Crippen LogP contribution in [0.1, 0.15) is 5.56 Å². The van der Waals surface area contributed by atoms with Crippen LogP contribution in [0.2, 0.25) is 0 Å². The van der Waals surface area contributed by atoms with Crippen molar-refractivity contribution in [3.05, 3.63) is 33.4 Å². The molecule has 4 heteroatoms. The highest BCUT2D eigenvalue weighted by molar-refractivity contribution is 14.1. The molecule has 72 valence electrons. The van der Waals surface area contributed by atoms with E-state index < -0.39 is 10.8 Å². The van der Waals surface area contributed by atoms with Gasteiger partial charge in [-0.3, -0.25) is 4.21 Å². The first kappa shape index (κ1) is 11.1. The second kappa shape index (κ2) is 5.72. The van der Waals surface area contributed by atoms with Gasteiger partial charge in [0.05, 0.1) is 6.61 Å². The van der Waals surface area contributed by atoms with Crippen molar-refractivity contribution < 1.29 is 9.32 Å². The van der Waals surface area contributed by atoms with E-state index in [9.17, 15) is 4.21 Å². The van der Waals surface area contributed by atoms with E-state index >= 15 is 0 Å². The maximum Gasteiger partial charge on any atom is 0.0546 e. The summed E-state index contributed by atoms with van der Waals surface area (Å²) in [5, 5.41) is 8.56. The van der Waals surface area contributed by atoms with E-state index in [-0.39, 0.29) is 6.61 Å². The van der Waals surface area contributed by atoms with E-state index in [1.54, 1.807) is 0 Å². The van der Waals surface area contributed by atoms with E-state index in [0.29, 0.717) is 11.5 Å². The van der Waals surface area contributed by atoms with E-state index in [1.807, 2.05) is 24.3 Å². The van der Waals surface area contributed by atoms with Crippen LogP contribution in [0.3, 0.4) is 0 Å². The van der Waals surface area contributed by atoms with Gasteiger partial charge >= 0.3 is 0 Å². The first-order valence-corrected chi connectivity index (χ1v) is 6.49. The number of halogens is 1. The Kier molecular flexibility index (Phi) is 4.90. The number of aliphatic hydroxyl groups excluding tert-OH is 1. The van der Waals surface area contributed by atoms with Crippen molar-refractivity contribution in [2.75, 3.05) is 12.4 Å². The quantitative estimate of drug-likeness (QED) is 0.857. The number of benzene rings is 1. The molecule has 1 aromatic rings. The van der Waals surface area contributed by atoms with E-state index in [2.05, 4.69) is 22.6 Å². The van der Waals surface area contributed by atoms with E-state index in [4.69, 9.17) is 5.11 Å². The number of rotatable bonds is 4. The summed E-state index contributed by atoms with van der Waals surface area (Å²) in [5.41, 5.74) is 1.06. The lowest BCUT2D eigenvalue weighted by molar-refractivity contribution is 0.321. The fraction of sp³-hybridized carbons (Fsp3) is 0.333. The minimum atomic E-state index is -0.930. The van der Waals surface area contributed by atoms with Gasteiger partial charge in [0.25, 0.3) is 0 Å². The predicted octanol–water partition coefficient (Wildman–Crippen LogP) is 1.53. The zero-order valence-electron chi connectivity index (χ0n) is 7.07. The third-order valence-electron chi connectivity index (χ3n) is 1.56. The van der Waals surface area contributed by atoms with Gasteiger partial charge in [0.15, 0.2) is 0 Å². The first-order chi connectivity index (χ1) is 6.22. The molecule has 0 amide bonds. The first-order valence-electron chi connectivity index (χ1n) is 3.92. The molecular weight excluding hydrogens is 299 g/mol. The third-order valence-corrected chi connectivity index (χ3v) is 3.57. The maximum atomic E-state index is 11.2. The van der Waals surface area contributed by atoms with Gasteiger partial charge in [-0.2, -0.15) is 0 Å². The second-order valence-electron chi connectivity index (χ2n) is 2.64. The molecule has 1 atom stereocenters. The Morgan fingerprint density at radius 1 is 1.31 bits per heavy atom. The van der Waals surface area contributed by atoms with Gasteiger partial charge in [0, 0.05) is 25.9 Å². The molecule has 0 aliphatic heterocycles. The molecular formula is C9H11IO2S. The van der Waals surface area contributed by atoms with Crippen LogP contribution in [0.15, 0.2) is 24.3 Å². The van der Waals surface area contributed by atoms with Crippen molar-refractivity contribution in [1.29, 1.82) is 0 Å². The largest absolute Gasteiger partial charge is 0.395 e. The smallest absolute Gasteiger partial charge is 0.0546 e. The molecule has 0 saturated carbocycles. The highest BCUT2D eigenvalue weighted by Crippen LogP contribution is 2.08. The van der Waals surface area contributed by atoms with Gasteiger partial charge in [-0.15, -0.1) is 0 Å². The third kappa shape index (κ3) is 4.19. The minimum Gasteiger partial charge on any atom is -0.395 e. The van der Waals surface area contributed by atoms with Crippen LogP contribution in [0.25, 0.3) is 0 Å². The molecule has 1 aromatic carbocycles. The molecule has 0 aliphatic rings. The Morgan fingerprint density at radius 3 is 2.46 bits per heavy atom. The monoisotopic (exact) mass is 310 g/mol. The van der Waals surface area contributed by atoms with Crippen molar-refractivity contribution in [2.24, 2.45) is 0 Å². The fourth-order valence-corrected chi connectivity index (χ4v) is 2.21. The Bertz CT molecular complexity index is 284. The summed E-state index contributed by atoms with van der Waals surface area (Å²) in [4.78, 5) is 0. The molecule has 0 heterocycles. The van der Waals surface area contributed by atoms with Crippen LogP contribution >= 0.6 is 22.6 Å². The molecule has 13 heavy (non-hydrogen) atoms. The highest BCUT2D eigenvalue weighted by atomic mass is 127. The van der Waals surface area contributed by atoms with Crippen molar-refractivity contribution >= 4 is 33.4 Å². The zero-order chi connectivity index (χ0) is 9.68. The van der Waals surface area contributed by atoms with Crippen LogP contribution in [0.5, 0.6) is 0 Å². The van der Waals surface area contributed by atoms with Crippen molar-refractivity contribution in [1.82, 2.24) is 0 Å². The van der Waals surface area contributed by atoms with E-state index in [1.165, 1.54) is 3.57 Å². The summed E-state index contributed by atoms with van der Waals surface area (Å²) in [6.07, 6.45) is 0. The molecule has 0 bridgehead atoms. The molecule has 0 aliphatic carbocycles. The Morgan fingerprint density at radius 2 is 1.92 bits per heavy atom. The molecule has 0 aromatic heterocycles. The summed E-state index contributed by atoms with van der Waals surface area (Å²) >= 11 is 2.23. The van der Waals surface area contributed by atoms with Crippen LogP contribution in [0.4, 0.5) is 0 Å². The van der Waals surface area contributed by atoms with Crippen molar-refractivity contribution in [3.63, 3.8) is 0 Å². The van der Waals surface area contributed by atoms with Crippen LogP contribution in [-0.4, -0.2) is 21.7 Å². The highest BCUT2D eigenvalue weighted by Gasteiger charge is 2.00. The standard InChI is InChI=1S/C9H11IO2S/c10-9-3-1-8(2-4-9)7-13(12)6-5-11/h1-4,11H,5-7H2. The summed E-state index contributed by atoms with van der Waals surface area (Å²) in [5.74, 6) is 0.906. The fourth-order valence-electron chi connectivity index (χ4n) is 0.941. The van der Waals surface area contributed by atoms with Crippen LogP contribution in [-0.2, 0) is 16.6 Å². The number of hydrogen-bond acceptors (Lipinski definition) is 2. The van der Waals surface area contributed by atoms with Gasteiger partial charge in [0.1, 0.15) is 0 Å². The maximum absolute atomic E-state index is 11.2. The number of hydrogen-bond donors (Lipinski definition) is 1. The van der Waals surface area contributed by atoms with Gasteiger partial charge in [-0.05, 0) is 40.3 Å². The SMILES string of the molecule is O=S(CCO)Cc1ccc(I)cc1. The topological polar surface area (TPSA) is 37.3 Å². The Labute approximate surface area is 94.0 Å². The van der Waals surface area contributed by atoms with Crippen LogP contribution < -0.4 is 0 Å². The summed E-state index contributed by atoms with van der Waals surface area (Å²) < 4.78 is 12.4. The lowest BCUT2D eigenvalue weighted by Crippen LogP contribution is -2.04. The molecule has 0 saturated heterocycles. The lowest BCUT2D eigenvalue weighted by Gasteiger charge is -2.00. The second-order valence-corrected chi connectivity index (χ2v) is 5.46. The molecule has 1 N–H and O–H groups in total. The Balaban J connectivity index is 2.54. The van der Waals surface area contributed by atoms with Crippen molar-refractivity contribution in [3.8, 4) is 0 Å². The predicted molar refractivity (Wildman–Crippen MR) is 63.0 cm³/mol. The number of aliphatic hydroxyl groups is 1. The van der Waals surface area contributed by atoms with Gasteiger partial charge in [-0.25, -0.2) is 0 Å².